The van der Waals surface area contributed by atoms with Crippen molar-refractivity contribution in [1.29, 1.82) is 0 Å². The molecule has 0 atom stereocenters. The molecule has 0 saturated heterocycles. The molecule has 336 valence electrons. The molecule has 2 aromatic carbocycles. The van der Waals surface area contributed by atoms with Crippen molar-refractivity contribution in [2.24, 2.45) is 42.3 Å². The van der Waals surface area contributed by atoms with E-state index >= 15 is 0 Å². The minimum atomic E-state index is -0.542. The van der Waals surface area contributed by atoms with Gasteiger partial charge < -0.3 is 37.6 Å². The molecule has 0 spiro atoms. The van der Waals surface area contributed by atoms with Crippen molar-refractivity contribution < 1.29 is 59.0 Å². The largest absolute Gasteiger partial charge is 2.00 e. The van der Waals surface area contributed by atoms with Gasteiger partial charge in [0, 0.05) is 141 Å². The molecule has 0 N–H and O–H groups in total. The van der Waals surface area contributed by atoms with Crippen molar-refractivity contribution in [2.45, 2.75) is 30.9 Å². The van der Waals surface area contributed by atoms with Crippen LogP contribution < -0.4 is 10.2 Å². The Hall–Kier alpha value is -4.55. The number of nitro benzene ring substituents is 2. The van der Waals surface area contributed by atoms with E-state index in [-0.39, 0.29) is 61.8 Å². The molecule has 0 aliphatic heterocycles. The average Bonchev–Trinajstić information content (AvgIpc) is 4.15. The van der Waals surface area contributed by atoms with Crippen LogP contribution in [0.3, 0.4) is 0 Å². The van der Waals surface area contributed by atoms with Crippen molar-refractivity contribution in [3.05, 3.63) is 151 Å². The molecule has 0 radical (unpaired) electrons. The summed E-state index contributed by atoms with van der Waals surface area (Å²) in [5, 5.41) is 46.5. The first-order valence-electron chi connectivity index (χ1n) is 18.1. The van der Waals surface area contributed by atoms with Crippen molar-refractivity contribution in [1.82, 2.24) is 57.3 Å². The SMILES string of the molecule is Cn1ccnc1S[C-](Sc1nccn1C)Sc1nccn1C.Cn1ccnc1S[C-](Sc1nccn1C)Sc1nccn1C.O=[N+]([O-])c1ccc([O-])cc1.O=[N+]([O-])c1ccc([O-])cc1.[Zn+2].[Zn+2]. The summed E-state index contributed by atoms with van der Waals surface area (Å²) < 4.78 is 14.2. The Bertz CT molecular complexity index is 2310. The van der Waals surface area contributed by atoms with Crippen LogP contribution in [-0.4, -0.2) is 67.2 Å². The molecule has 6 heterocycles. The maximum atomic E-state index is 10.4. The molecule has 0 amide bonds. The summed E-state index contributed by atoms with van der Waals surface area (Å²) in [7, 11) is 11.9. The maximum absolute atomic E-state index is 10.4. The number of hydrogen-bond donors (Lipinski definition) is 0. The number of hydrogen-bond acceptors (Lipinski definition) is 18. The van der Waals surface area contributed by atoms with Gasteiger partial charge in [-0.15, -0.1) is 19.3 Å². The molecule has 0 bridgehead atoms. The van der Waals surface area contributed by atoms with Crippen LogP contribution in [0.1, 0.15) is 0 Å². The molecule has 6 aromatic heterocycles. The summed E-state index contributed by atoms with van der Waals surface area (Å²) >= 11 is 9.74. The van der Waals surface area contributed by atoms with Crippen LogP contribution in [0.15, 0.2) is 154 Å². The van der Waals surface area contributed by atoms with Crippen molar-refractivity contribution >= 4 is 81.9 Å². The van der Waals surface area contributed by atoms with Gasteiger partial charge in [-0.05, 0) is 0 Å². The average molecular weight is 1110 g/mol. The van der Waals surface area contributed by atoms with Crippen LogP contribution in [0.25, 0.3) is 0 Å². The molecule has 20 nitrogen and oxygen atoms in total. The zero-order valence-electron chi connectivity index (χ0n) is 36.1. The quantitative estimate of drug-likeness (QED) is 0.0340. The summed E-state index contributed by atoms with van der Waals surface area (Å²) in [4.78, 5) is 45.2. The summed E-state index contributed by atoms with van der Waals surface area (Å²) in [6.45, 7) is 0. The summed E-state index contributed by atoms with van der Waals surface area (Å²) in [5.74, 6) is -0.434. The van der Waals surface area contributed by atoms with Gasteiger partial charge in [-0.2, -0.15) is 0 Å². The molecule has 8 rings (SSSR count). The van der Waals surface area contributed by atoms with E-state index < -0.39 is 9.85 Å². The van der Waals surface area contributed by atoms with E-state index in [1.54, 1.807) is 108 Å². The molecule has 28 heteroatoms. The number of imidazole rings is 6. The summed E-state index contributed by atoms with van der Waals surface area (Å²) in [5.41, 5.74) is -0.112. The number of benzene rings is 2. The van der Waals surface area contributed by atoms with Gasteiger partial charge in [0.2, 0.25) is 0 Å². The van der Waals surface area contributed by atoms with Crippen LogP contribution in [0.2, 0.25) is 0 Å². The minimum Gasteiger partial charge on any atom is -0.872 e. The van der Waals surface area contributed by atoms with Crippen molar-refractivity contribution in [3.8, 4) is 11.5 Å². The number of thioether (sulfide) groups is 6. The first-order chi connectivity index (χ1) is 30.7. The van der Waals surface area contributed by atoms with Gasteiger partial charge in [0.25, 0.3) is 11.4 Å². The number of non-ortho nitro benzene ring substituents is 2. The standard InChI is InChI=1S/2C13H15N6S3.2C6H5NO3.2Zn/c2*1-17-7-4-14-10(17)20-13(21-11-15-5-8-18(11)2)22-12-16-6-9-19(12)3;2*8-6-3-1-5(2-4-6)7(9)10;;/h2*4-9H,1-3H3;2*1-4,8H;;/q2*-1;;;2*+2/p-2. The van der Waals surface area contributed by atoms with Gasteiger partial charge in [-0.25, -0.2) is 29.9 Å². The van der Waals surface area contributed by atoms with Crippen LogP contribution in [0, 0.1) is 28.1 Å². The fraction of sp³-hybridized carbons (Fsp3) is 0.158. The second-order valence-corrected chi connectivity index (χ2v) is 20.0. The molecule has 0 fully saturated rings. The molecule has 0 unspecified atom stereocenters. The Morgan fingerprint density at radius 3 is 0.712 bits per heavy atom. The first kappa shape index (κ1) is 55.8. The van der Waals surface area contributed by atoms with Gasteiger partial charge in [-0.1, -0.05) is 24.3 Å². The van der Waals surface area contributed by atoms with Crippen LogP contribution in [0.4, 0.5) is 11.4 Å². The zero-order chi connectivity index (χ0) is 46.2. The van der Waals surface area contributed by atoms with Gasteiger partial charge in [-0.3, -0.25) is 90.8 Å². The fourth-order valence-electron chi connectivity index (χ4n) is 4.41. The third kappa shape index (κ3) is 17.6. The fourth-order valence-corrected chi connectivity index (χ4v) is 10.9. The monoisotopic (exact) mass is 1110 g/mol. The predicted octanol–water partition coefficient (Wildman–Crippen LogP) is 7.35. The van der Waals surface area contributed by atoms with Gasteiger partial charge in [0.15, 0.2) is 0 Å². The minimum absolute atomic E-state index is 0. The maximum Gasteiger partial charge on any atom is 2.00 e. The number of aromatic nitrogens is 12. The summed E-state index contributed by atoms with van der Waals surface area (Å²) in [6.07, 6.45) is 22.5. The second-order valence-electron chi connectivity index (χ2n) is 12.5. The predicted molar refractivity (Wildman–Crippen MR) is 246 cm³/mol. The van der Waals surface area contributed by atoms with E-state index in [2.05, 4.69) is 29.9 Å². The Balaban J connectivity index is 0.000000246. The number of aryl methyl sites for hydroxylation is 6. The number of nitrogens with zero attached hydrogens (tertiary/aromatic N) is 14. The molecule has 0 aliphatic carbocycles. The van der Waals surface area contributed by atoms with Crippen molar-refractivity contribution in [2.75, 3.05) is 0 Å². The molecule has 0 aliphatic rings. The third-order valence-corrected chi connectivity index (χ3v) is 15.3. The van der Waals surface area contributed by atoms with E-state index in [0.29, 0.717) is 0 Å². The normalized spacial score (nSPS) is 10.4. The number of nitro groups is 2. The van der Waals surface area contributed by atoms with E-state index in [9.17, 15) is 30.4 Å². The molecule has 8 aromatic rings. The Kier molecular flexibility index (Phi) is 23.6. The third-order valence-electron chi connectivity index (χ3n) is 7.80. The molecule has 0 saturated carbocycles. The molecular weight excluding hydrogens is 1070 g/mol. The topological polar surface area (TPSA) is 239 Å². The van der Waals surface area contributed by atoms with Crippen molar-refractivity contribution in [3.63, 3.8) is 0 Å². The second kappa shape index (κ2) is 27.9. The molecular formula is C38H38N14O6S6Zn2. The number of rotatable bonds is 14. The summed E-state index contributed by atoms with van der Waals surface area (Å²) in [6, 6.07) is 9.39. The van der Waals surface area contributed by atoms with Gasteiger partial charge in [0.05, 0.1) is 9.85 Å². The van der Waals surface area contributed by atoms with Gasteiger partial charge >= 0.3 is 39.0 Å². The van der Waals surface area contributed by atoms with E-state index in [1.807, 2.05) is 107 Å². The Morgan fingerprint density at radius 1 is 0.394 bits per heavy atom. The van der Waals surface area contributed by atoms with Crippen LogP contribution >= 0.6 is 70.6 Å². The molecule has 66 heavy (non-hydrogen) atoms. The van der Waals surface area contributed by atoms with E-state index in [4.69, 9.17) is 0 Å². The van der Waals surface area contributed by atoms with Crippen LogP contribution in [-0.2, 0) is 81.2 Å². The smallest absolute Gasteiger partial charge is 0.872 e. The zero-order valence-corrected chi connectivity index (χ0v) is 47.0. The Morgan fingerprint density at radius 2 is 0.576 bits per heavy atom. The van der Waals surface area contributed by atoms with E-state index in [0.717, 1.165) is 63.0 Å². The Labute approximate surface area is 430 Å². The van der Waals surface area contributed by atoms with E-state index in [1.165, 1.54) is 24.3 Å². The van der Waals surface area contributed by atoms with Gasteiger partial charge in [0.1, 0.15) is 30.9 Å². The first-order valence-corrected chi connectivity index (χ1v) is 23.0. The van der Waals surface area contributed by atoms with Crippen LogP contribution in [0.5, 0.6) is 11.5 Å².